The summed E-state index contributed by atoms with van der Waals surface area (Å²) < 4.78 is 20.3. The molecule has 11 nitrogen and oxygen atoms in total. The van der Waals surface area contributed by atoms with Gasteiger partial charge in [0, 0.05) is 81.0 Å². The number of hydrogen-bond acceptors (Lipinski definition) is 12. The van der Waals surface area contributed by atoms with Gasteiger partial charge in [0.2, 0.25) is 5.91 Å². The van der Waals surface area contributed by atoms with Crippen molar-refractivity contribution in [3.05, 3.63) is 23.3 Å². The van der Waals surface area contributed by atoms with Crippen LogP contribution in [0, 0.1) is 35.5 Å². The molecule has 0 aromatic heterocycles. The van der Waals surface area contributed by atoms with Crippen LogP contribution in [0.4, 0.5) is 0 Å². The van der Waals surface area contributed by atoms with E-state index in [2.05, 4.69) is 16.3 Å². The highest BCUT2D eigenvalue weighted by atomic mass is 33.1. The van der Waals surface area contributed by atoms with Gasteiger partial charge < -0.3 is 40.4 Å². The molecule has 5 aliphatic heterocycles. The molecule has 13 heteroatoms. The van der Waals surface area contributed by atoms with E-state index < -0.39 is 17.2 Å². The van der Waals surface area contributed by atoms with E-state index in [9.17, 15) is 24.6 Å². The smallest absolute Gasteiger partial charge is 0.334 e. The lowest BCUT2D eigenvalue weighted by atomic mass is 9.56. The van der Waals surface area contributed by atoms with Crippen molar-refractivity contribution in [3.63, 3.8) is 0 Å². The van der Waals surface area contributed by atoms with Crippen molar-refractivity contribution in [1.29, 1.82) is 0 Å². The van der Waals surface area contributed by atoms with Gasteiger partial charge in [0.1, 0.15) is 17.3 Å². The molecule has 51 heavy (non-hydrogen) atoms. The van der Waals surface area contributed by atoms with Crippen molar-refractivity contribution in [1.82, 2.24) is 10.2 Å². The molecular formula is C38H57N3O8S2. The van der Waals surface area contributed by atoms with Gasteiger partial charge in [-0.3, -0.25) is 9.59 Å². The molecule has 5 heterocycles. The lowest BCUT2D eigenvalue weighted by Gasteiger charge is -2.57. The summed E-state index contributed by atoms with van der Waals surface area (Å²) in [6, 6.07) is 0.291. The average molecular weight is 748 g/mol. The fourth-order valence-corrected chi connectivity index (χ4v) is 13.2. The summed E-state index contributed by atoms with van der Waals surface area (Å²) in [5.74, 6) is 1.41. The van der Waals surface area contributed by atoms with E-state index in [-0.39, 0.29) is 85.4 Å². The predicted octanol–water partition coefficient (Wildman–Crippen LogP) is 3.72. The summed E-state index contributed by atoms with van der Waals surface area (Å²) in [6.45, 7) is 5.18. The van der Waals surface area contributed by atoms with Gasteiger partial charge in [0.25, 0.3) is 0 Å². The molecule has 7 rings (SSSR count). The number of nitrogens with zero attached hydrogens (tertiary/aromatic N) is 1. The third kappa shape index (κ3) is 7.18. The van der Waals surface area contributed by atoms with E-state index >= 15 is 0 Å². The number of allylic oxidation sites excluding steroid dienone is 1. The van der Waals surface area contributed by atoms with Gasteiger partial charge in [0.15, 0.2) is 0 Å². The predicted molar refractivity (Wildman–Crippen MR) is 196 cm³/mol. The zero-order valence-corrected chi connectivity index (χ0v) is 31.8. The maximum absolute atomic E-state index is 13.9. The number of carbonyl (C=O) groups is 3. The Bertz CT molecular complexity index is 1400. The number of ether oxygens (including phenoxy) is 3. The first-order chi connectivity index (χ1) is 24.6. The summed E-state index contributed by atoms with van der Waals surface area (Å²) in [6.07, 6.45) is 10.4. The van der Waals surface area contributed by atoms with Gasteiger partial charge in [-0.25, -0.2) is 4.79 Å². The van der Waals surface area contributed by atoms with Crippen LogP contribution in [-0.2, 0) is 28.6 Å². The van der Waals surface area contributed by atoms with Crippen molar-refractivity contribution >= 4 is 39.4 Å². The second-order valence-electron chi connectivity index (χ2n) is 16.3. The number of rotatable bonds is 7. The number of nitrogens with one attached hydrogen (secondary N) is 1. The number of aliphatic hydroxyl groups excluding tert-OH is 2. The van der Waals surface area contributed by atoms with Gasteiger partial charge in [-0.2, -0.15) is 0 Å². The van der Waals surface area contributed by atoms with Crippen molar-refractivity contribution in [3.8, 4) is 0 Å². The molecule has 5 N–H and O–H groups in total. The maximum Gasteiger partial charge on any atom is 0.334 e. The number of piperidine rings is 1. The average Bonchev–Trinajstić information content (AvgIpc) is 3.45. The number of nitrogens with two attached hydrogens (primary N) is 1. The molecule has 5 saturated heterocycles. The van der Waals surface area contributed by atoms with Gasteiger partial charge in [-0.15, -0.1) is 0 Å². The molecule has 7 aliphatic rings. The monoisotopic (exact) mass is 747 g/mol. The van der Waals surface area contributed by atoms with Crippen molar-refractivity contribution in [2.45, 2.75) is 120 Å². The Morgan fingerprint density at radius 3 is 2.73 bits per heavy atom. The number of hydrogen-bond donors (Lipinski definition) is 4. The zero-order chi connectivity index (χ0) is 35.9. The molecule has 6 fully saturated rings. The molecule has 0 aromatic rings. The third-order valence-corrected chi connectivity index (χ3v) is 15.9. The molecule has 0 radical (unpaired) electrons. The van der Waals surface area contributed by atoms with Crippen LogP contribution < -0.4 is 11.1 Å². The van der Waals surface area contributed by atoms with E-state index in [0.29, 0.717) is 63.1 Å². The van der Waals surface area contributed by atoms with E-state index in [1.54, 1.807) is 13.0 Å². The van der Waals surface area contributed by atoms with Crippen LogP contribution in [0.2, 0.25) is 0 Å². The Labute approximate surface area is 310 Å². The fraction of sp³-hybridized carbons (Fsp3) is 0.816. The maximum atomic E-state index is 13.9. The fourth-order valence-electron chi connectivity index (χ4n) is 10.7. The molecular weight excluding hydrogens is 691 g/mol. The largest absolute Gasteiger partial charge is 0.462 e. The molecule has 0 bridgehead atoms. The SMILES string of the molecule is CC=C(CCO)C(=O)OC1(C)CC=C2CSSCC3CCN3C(=O)CC3CNC(N)CC3C2C12CC1CC3CC(CCCO)C(=O)OC3CC1O2. The van der Waals surface area contributed by atoms with Gasteiger partial charge in [-0.05, 0) is 82.5 Å². The summed E-state index contributed by atoms with van der Waals surface area (Å²) in [5, 5.41) is 22.7. The number of esters is 2. The van der Waals surface area contributed by atoms with Gasteiger partial charge >= 0.3 is 11.9 Å². The van der Waals surface area contributed by atoms with Crippen LogP contribution in [0.5, 0.6) is 0 Å². The molecule has 12 unspecified atom stereocenters. The minimum Gasteiger partial charge on any atom is -0.462 e. The Balaban J connectivity index is 1.28. The van der Waals surface area contributed by atoms with E-state index in [4.69, 9.17) is 19.9 Å². The lowest BCUT2D eigenvalue weighted by Crippen LogP contribution is -2.65. The number of fused-ring (bicyclic) bond motifs is 7. The van der Waals surface area contributed by atoms with E-state index in [0.717, 1.165) is 37.3 Å². The van der Waals surface area contributed by atoms with Crippen LogP contribution >= 0.6 is 21.6 Å². The summed E-state index contributed by atoms with van der Waals surface area (Å²) >= 11 is 0. The molecule has 12 atom stereocenters. The molecule has 1 amide bonds. The van der Waals surface area contributed by atoms with Crippen molar-refractivity contribution in [2.75, 3.05) is 37.8 Å². The first-order valence-electron chi connectivity index (χ1n) is 19.3. The second kappa shape index (κ2) is 15.6. The summed E-state index contributed by atoms with van der Waals surface area (Å²) in [7, 11) is 3.68. The van der Waals surface area contributed by atoms with Gasteiger partial charge in [0.05, 0.1) is 18.2 Å². The van der Waals surface area contributed by atoms with Crippen LogP contribution in [0.15, 0.2) is 23.3 Å². The van der Waals surface area contributed by atoms with Crippen LogP contribution in [-0.4, -0.2) is 106 Å². The molecule has 2 aliphatic carbocycles. The Morgan fingerprint density at radius 2 is 1.98 bits per heavy atom. The molecule has 1 saturated carbocycles. The van der Waals surface area contributed by atoms with E-state index in [1.807, 2.05) is 28.5 Å². The van der Waals surface area contributed by atoms with Crippen molar-refractivity contribution < 1.29 is 38.8 Å². The normalized spacial score (nSPS) is 42.8. The standard InChI is InChI=1S/C38H57N3O8S2/c1-3-22(8-12-43)36(46)49-37(2)9-6-24-20-50-51-21-28-7-10-41(28)33(44)15-27-19-40-32(39)16-29(27)34(24)38(37)18-26-14-25-13-23(5-4-11-42)35(45)47-30(25)17-31(26)48-38/h3,6,23,25-32,34,40,42-43H,4-5,7-21,39H2,1-2H3. The Hall–Kier alpha value is -1.61. The topological polar surface area (TPSA) is 161 Å². The minimum atomic E-state index is -1.04. The minimum absolute atomic E-state index is 0.0151. The second-order valence-corrected chi connectivity index (χ2v) is 18.8. The lowest BCUT2D eigenvalue weighted by molar-refractivity contribution is -0.229. The summed E-state index contributed by atoms with van der Waals surface area (Å²) in [4.78, 5) is 42.9. The number of amides is 1. The Morgan fingerprint density at radius 1 is 1.14 bits per heavy atom. The third-order valence-electron chi connectivity index (χ3n) is 13.5. The highest BCUT2D eigenvalue weighted by Gasteiger charge is 2.68. The van der Waals surface area contributed by atoms with Crippen molar-refractivity contribution in [2.24, 2.45) is 41.2 Å². The van der Waals surface area contributed by atoms with E-state index in [1.165, 1.54) is 5.57 Å². The zero-order valence-electron chi connectivity index (χ0n) is 30.1. The summed E-state index contributed by atoms with van der Waals surface area (Å²) in [5.41, 5.74) is 6.49. The van der Waals surface area contributed by atoms with Crippen LogP contribution in [0.1, 0.15) is 84.5 Å². The highest BCUT2D eigenvalue weighted by molar-refractivity contribution is 8.76. The quantitative estimate of drug-likeness (QED) is 0.130. The highest BCUT2D eigenvalue weighted by Crippen LogP contribution is 2.62. The first-order valence-corrected chi connectivity index (χ1v) is 21.8. The number of aliphatic hydroxyl groups is 2. The molecule has 0 aromatic carbocycles. The molecule has 1 spiro atoms. The first kappa shape index (κ1) is 37.7. The Kier molecular flexibility index (Phi) is 11.6. The van der Waals surface area contributed by atoms with Crippen LogP contribution in [0.3, 0.4) is 0 Å². The van der Waals surface area contributed by atoms with Crippen LogP contribution in [0.25, 0.3) is 0 Å². The molecule has 284 valence electrons. The van der Waals surface area contributed by atoms with Gasteiger partial charge in [-0.1, -0.05) is 39.3 Å². The number of carbonyl (C=O) groups excluding carboxylic acids is 3.